The maximum Gasteiger partial charge on any atom is 0.411 e. The Morgan fingerprint density at radius 1 is 1.47 bits per heavy atom. The summed E-state index contributed by atoms with van der Waals surface area (Å²) in [6, 6.07) is 0.351. The molecule has 0 bridgehead atoms. The molecule has 1 heterocycles. The summed E-state index contributed by atoms with van der Waals surface area (Å²) in [5, 5.41) is 5.75. The van der Waals surface area contributed by atoms with Gasteiger partial charge in [-0.2, -0.15) is 13.2 Å². The van der Waals surface area contributed by atoms with Crippen molar-refractivity contribution >= 4 is 11.3 Å². The molecule has 0 radical (unpaired) electrons. The highest BCUT2D eigenvalue weighted by molar-refractivity contribution is 7.09. The molecule has 0 aliphatic rings. The van der Waals surface area contributed by atoms with Crippen molar-refractivity contribution in [3.8, 4) is 0 Å². The molecule has 1 N–H and O–H groups in total. The van der Waals surface area contributed by atoms with E-state index in [1.807, 2.05) is 13.8 Å². The fourth-order valence-electron chi connectivity index (χ4n) is 1.06. The number of hydrogen-bond acceptors (Lipinski definition) is 4. The molecule has 0 saturated carbocycles. The molecule has 0 saturated heterocycles. The molecule has 0 atom stereocenters. The van der Waals surface area contributed by atoms with Crippen molar-refractivity contribution < 1.29 is 17.9 Å². The summed E-state index contributed by atoms with van der Waals surface area (Å²) < 4.78 is 40.0. The number of thiazole rings is 1. The van der Waals surface area contributed by atoms with E-state index in [0.29, 0.717) is 18.3 Å². The second kappa shape index (κ2) is 6.32. The molecule has 98 valence electrons. The van der Waals surface area contributed by atoms with Gasteiger partial charge in [-0.1, -0.05) is 13.8 Å². The van der Waals surface area contributed by atoms with Crippen molar-refractivity contribution in [3.63, 3.8) is 0 Å². The Morgan fingerprint density at radius 2 is 2.18 bits per heavy atom. The fraction of sp³-hybridized carbons (Fsp3) is 0.700. The van der Waals surface area contributed by atoms with E-state index in [9.17, 15) is 13.2 Å². The van der Waals surface area contributed by atoms with Crippen molar-refractivity contribution in [2.45, 2.75) is 39.2 Å². The van der Waals surface area contributed by atoms with E-state index in [0.717, 1.165) is 5.01 Å². The van der Waals surface area contributed by atoms with Crippen LogP contribution in [0.2, 0.25) is 0 Å². The molecule has 1 aromatic heterocycles. The molecule has 0 fully saturated rings. The van der Waals surface area contributed by atoms with Gasteiger partial charge in [0.1, 0.15) is 11.6 Å². The summed E-state index contributed by atoms with van der Waals surface area (Å²) in [6.45, 7) is 3.32. The Kier molecular flexibility index (Phi) is 5.35. The zero-order valence-electron chi connectivity index (χ0n) is 9.67. The summed E-state index contributed by atoms with van der Waals surface area (Å²) in [7, 11) is 0. The van der Waals surface area contributed by atoms with E-state index in [4.69, 9.17) is 0 Å². The number of hydrogen-bond donors (Lipinski definition) is 1. The summed E-state index contributed by atoms with van der Waals surface area (Å²) in [6.07, 6.45) is -4.28. The first-order chi connectivity index (χ1) is 7.87. The quantitative estimate of drug-likeness (QED) is 0.861. The van der Waals surface area contributed by atoms with Crippen LogP contribution in [0.3, 0.4) is 0 Å². The van der Waals surface area contributed by atoms with E-state index >= 15 is 0 Å². The zero-order valence-corrected chi connectivity index (χ0v) is 10.5. The van der Waals surface area contributed by atoms with Gasteiger partial charge in [0.05, 0.1) is 12.3 Å². The largest absolute Gasteiger partial charge is 0.411 e. The molecule has 0 unspecified atom stereocenters. The number of aromatic nitrogens is 1. The molecule has 0 spiro atoms. The number of nitrogens with one attached hydrogen (secondary N) is 1. The van der Waals surface area contributed by atoms with Gasteiger partial charge in [-0.25, -0.2) is 4.98 Å². The number of alkyl halides is 3. The molecule has 1 rings (SSSR count). The number of rotatable bonds is 6. The average Bonchev–Trinajstić information content (AvgIpc) is 2.61. The maximum atomic E-state index is 11.8. The number of halogens is 3. The number of nitrogens with zero attached hydrogens (tertiary/aromatic N) is 1. The van der Waals surface area contributed by atoms with Gasteiger partial charge in [0.2, 0.25) is 0 Å². The third-order valence-electron chi connectivity index (χ3n) is 1.78. The van der Waals surface area contributed by atoms with Crippen molar-refractivity contribution in [1.29, 1.82) is 0 Å². The Hall–Kier alpha value is -0.660. The first kappa shape index (κ1) is 14.4. The third-order valence-corrected chi connectivity index (χ3v) is 2.67. The second-order valence-electron chi connectivity index (χ2n) is 3.88. The Balaban J connectivity index is 2.31. The first-order valence-corrected chi connectivity index (χ1v) is 6.06. The highest BCUT2D eigenvalue weighted by Gasteiger charge is 2.27. The highest BCUT2D eigenvalue weighted by atomic mass is 32.1. The third kappa shape index (κ3) is 6.60. The molecule has 7 heteroatoms. The molecular weight excluding hydrogens is 253 g/mol. The maximum absolute atomic E-state index is 11.8. The fourth-order valence-corrected chi connectivity index (χ4v) is 1.79. The van der Waals surface area contributed by atoms with Gasteiger partial charge in [-0.15, -0.1) is 11.3 Å². The van der Waals surface area contributed by atoms with Gasteiger partial charge in [-0.3, -0.25) is 0 Å². The molecule has 3 nitrogen and oxygen atoms in total. The average molecular weight is 268 g/mol. The van der Waals surface area contributed by atoms with Crippen LogP contribution >= 0.6 is 11.3 Å². The second-order valence-corrected chi connectivity index (χ2v) is 4.82. The normalized spacial score (nSPS) is 12.4. The van der Waals surface area contributed by atoms with E-state index in [-0.39, 0.29) is 6.61 Å². The number of ether oxygens (including phenoxy) is 1. The molecule has 17 heavy (non-hydrogen) atoms. The van der Waals surface area contributed by atoms with E-state index < -0.39 is 12.8 Å². The standard InChI is InChI=1S/C10H15F3N2OS/c1-7(2)14-3-9-15-8(5-17-9)4-16-6-10(11,12)13/h5,7,14H,3-4,6H2,1-2H3. The lowest BCUT2D eigenvalue weighted by atomic mass is 10.4. The highest BCUT2D eigenvalue weighted by Crippen LogP contribution is 2.16. The van der Waals surface area contributed by atoms with Crippen LogP contribution in [0.25, 0.3) is 0 Å². The predicted octanol–water partition coefficient (Wildman–Crippen LogP) is 2.72. The molecule has 0 aliphatic heterocycles. The van der Waals surface area contributed by atoms with Gasteiger partial charge in [0.25, 0.3) is 0 Å². The van der Waals surface area contributed by atoms with Crippen molar-refractivity contribution in [2.24, 2.45) is 0 Å². The van der Waals surface area contributed by atoms with Crippen LogP contribution < -0.4 is 5.32 Å². The lowest BCUT2D eigenvalue weighted by Gasteiger charge is -2.06. The lowest BCUT2D eigenvalue weighted by Crippen LogP contribution is -2.21. The monoisotopic (exact) mass is 268 g/mol. The van der Waals surface area contributed by atoms with Crippen molar-refractivity contribution in [2.75, 3.05) is 6.61 Å². The molecule has 1 aromatic rings. The topological polar surface area (TPSA) is 34.2 Å². The predicted molar refractivity (Wildman–Crippen MR) is 59.8 cm³/mol. The summed E-state index contributed by atoms with van der Waals surface area (Å²) in [5.41, 5.74) is 0.541. The van der Waals surface area contributed by atoms with Gasteiger partial charge in [-0.05, 0) is 0 Å². The van der Waals surface area contributed by atoms with E-state index in [1.54, 1.807) is 5.38 Å². The van der Waals surface area contributed by atoms with Crippen LogP contribution in [0.1, 0.15) is 24.5 Å². The van der Waals surface area contributed by atoms with Crippen LogP contribution in [0.5, 0.6) is 0 Å². The van der Waals surface area contributed by atoms with Gasteiger partial charge < -0.3 is 10.1 Å². The van der Waals surface area contributed by atoms with Crippen molar-refractivity contribution in [1.82, 2.24) is 10.3 Å². The van der Waals surface area contributed by atoms with Gasteiger partial charge in [0, 0.05) is 18.0 Å². The molecule has 0 aromatic carbocycles. The van der Waals surface area contributed by atoms with E-state index in [2.05, 4.69) is 15.0 Å². The first-order valence-electron chi connectivity index (χ1n) is 5.18. The SMILES string of the molecule is CC(C)NCc1nc(COCC(F)(F)F)cs1. The minimum atomic E-state index is -4.28. The van der Waals surface area contributed by atoms with Crippen LogP contribution in [0, 0.1) is 0 Å². The summed E-state index contributed by atoms with van der Waals surface area (Å²) in [4.78, 5) is 4.17. The van der Waals surface area contributed by atoms with Gasteiger partial charge in [0.15, 0.2) is 0 Å². The zero-order chi connectivity index (χ0) is 12.9. The molecule has 0 aliphatic carbocycles. The van der Waals surface area contributed by atoms with Crippen LogP contribution in [0.15, 0.2) is 5.38 Å². The Morgan fingerprint density at radius 3 is 2.76 bits per heavy atom. The Bertz CT molecular complexity index is 339. The van der Waals surface area contributed by atoms with Crippen LogP contribution in [0.4, 0.5) is 13.2 Å². The smallest absolute Gasteiger partial charge is 0.366 e. The minimum absolute atomic E-state index is 0.0995. The molecule has 0 amide bonds. The van der Waals surface area contributed by atoms with Crippen LogP contribution in [-0.2, 0) is 17.9 Å². The Labute approximate surface area is 102 Å². The van der Waals surface area contributed by atoms with E-state index in [1.165, 1.54) is 11.3 Å². The van der Waals surface area contributed by atoms with Crippen molar-refractivity contribution in [3.05, 3.63) is 16.1 Å². The van der Waals surface area contributed by atoms with Crippen LogP contribution in [-0.4, -0.2) is 23.8 Å². The lowest BCUT2D eigenvalue weighted by molar-refractivity contribution is -0.176. The summed E-state index contributed by atoms with van der Waals surface area (Å²) in [5.74, 6) is 0. The summed E-state index contributed by atoms with van der Waals surface area (Å²) >= 11 is 1.41. The van der Waals surface area contributed by atoms with Gasteiger partial charge >= 0.3 is 6.18 Å². The molecular formula is C10H15F3N2OS. The minimum Gasteiger partial charge on any atom is -0.366 e.